The molecule has 0 aromatic heterocycles. The molecule has 10 heteroatoms. The Morgan fingerprint density at radius 1 is 1.04 bits per heavy atom. The monoisotopic (exact) mass is 344 g/mol. The van der Waals surface area contributed by atoms with Crippen molar-refractivity contribution in [1.82, 2.24) is 5.43 Å². The molecule has 2 aliphatic carbocycles. The molecule has 2 bridgehead atoms. The van der Waals surface area contributed by atoms with E-state index in [4.69, 9.17) is 0 Å². The number of allylic oxidation sites excluding steroid dienone is 2. The SMILES string of the molecule is O=C1NN(c2ccc([N+](=O)[O-])cc2[N+](=O)[O-])C(=O)[C@H]2[C@@H]1[C@H]1C=C[C@H]2C1. The van der Waals surface area contributed by atoms with E-state index < -0.39 is 39.0 Å². The number of carbonyl (C=O) groups excluding carboxylic acids is 2. The molecule has 128 valence electrons. The molecule has 4 atom stereocenters. The number of non-ortho nitro benzene ring substituents is 1. The molecule has 0 spiro atoms. The largest absolute Gasteiger partial charge is 0.301 e. The molecular weight excluding hydrogens is 332 g/mol. The van der Waals surface area contributed by atoms with E-state index in [0.29, 0.717) is 6.42 Å². The molecular formula is C15H12N4O6. The van der Waals surface area contributed by atoms with Crippen molar-refractivity contribution < 1.29 is 19.4 Å². The van der Waals surface area contributed by atoms with Crippen LogP contribution in [0.2, 0.25) is 0 Å². The summed E-state index contributed by atoms with van der Waals surface area (Å²) >= 11 is 0. The number of benzene rings is 1. The normalized spacial score (nSPS) is 29.5. The van der Waals surface area contributed by atoms with Crippen LogP contribution in [0.5, 0.6) is 0 Å². The van der Waals surface area contributed by atoms with E-state index in [0.717, 1.165) is 23.2 Å². The second kappa shape index (κ2) is 5.10. The summed E-state index contributed by atoms with van der Waals surface area (Å²) in [6.45, 7) is 0. The molecule has 1 saturated carbocycles. The number of nitrogens with one attached hydrogen (secondary N) is 1. The number of nitrogens with zero attached hydrogens (tertiary/aromatic N) is 3. The van der Waals surface area contributed by atoms with Crippen LogP contribution < -0.4 is 10.4 Å². The third kappa shape index (κ3) is 2.10. The van der Waals surface area contributed by atoms with Crippen molar-refractivity contribution >= 4 is 28.9 Å². The molecule has 2 amide bonds. The van der Waals surface area contributed by atoms with Crippen LogP contribution in [-0.4, -0.2) is 21.7 Å². The molecule has 1 aromatic carbocycles. The summed E-state index contributed by atoms with van der Waals surface area (Å²) in [5.41, 5.74) is 1.16. The number of nitro benzene ring substituents is 2. The first kappa shape index (κ1) is 15.2. The van der Waals surface area contributed by atoms with Gasteiger partial charge >= 0.3 is 5.69 Å². The molecule has 3 aliphatic rings. The maximum absolute atomic E-state index is 12.9. The molecule has 0 unspecified atom stereocenters. The second-order valence-electron chi connectivity index (χ2n) is 6.34. The first-order valence-electron chi connectivity index (χ1n) is 7.64. The van der Waals surface area contributed by atoms with Gasteiger partial charge in [-0.15, -0.1) is 0 Å². The second-order valence-corrected chi connectivity index (χ2v) is 6.34. The van der Waals surface area contributed by atoms with Crippen LogP contribution in [0.3, 0.4) is 0 Å². The quantitative estimate of drug-likeness (QED) is 0.499. The summed E-state index contributed by atoms with van der Waals surface area (Å²) in [4.78, 5) is 45.9. The Kier molecular flexibility index (Phi) is 3.11. The van der Waals surface area contributed by atoms with E-state index in [1.54, 1.807) is 0 Å². The van der Waals surface area contributed by atoms with Crippen molar-refractivity contribution in [2.45, 2.75) is 6.42 Å². The van der Waals surface area contributed by atoms with Gasteiger partial charge in [-0.2, -0.15) is 0 Å². The number of carbonyl (C=O) groups is 2. The lowest BCUT2D eigenvalue weighted by molar-refractivity contribution is -0.393. The van der Waals surface area contributed by atoms with Crippen LogP contribution in [0, 0.1) is 43.9 Å². The molecule has 1 aliphatic heterocycles. The molecule has 1 saturated heterocycles. The molecule has 2 fully saturated rings. The minimum atomic E-state index is -0.811. The minimum Gasteiger partial charge on any atom is -0.273 e. The van der Waals surface area contributed by atoms with Gasteiger partial charge in [-0.25, -0.2) is 5.01 Å². The number of rotatable bonds is 3. The summed E-state index contributed by atoms with van der Waals surface area (Å²) in [5, 5.41) is 23.0. The Bertz CT molecular complexity index is 866. The van der Waals surface area contributed by atoms with Gasteiger partial charge in [0.15, 0.2) is 0 Å². The van der Waals surface area contributed by atoms with Crippen LogP contribution in [0.4, 0.5) is 17.1 Å². The van der Waals surface area contributed by atoms with Gasteiger partial charge in [-0.05, 0) is 24.3 Å². The molecule has 10 nitrogen and oxygen atoms in total. The third-order valence-corrected chi connectivity index (χ3v) is 5.10. The van der Waals surface area contributed by atoms with E-state index in [1.807, 2.05) is 12.2 Å². The molecule has 1 N–H and O–H groups in total. The van der Waals surface area contributed by atoms with E-state index in [-0.39, 0.29) is 23.4 Å². The predicted octanol–water partition coefficient (Wildman–Crippen LogP) is 1.32. The van der Waals surface area contributed by atoms with Gasteiger partial charge in [-0.3, -0.25) is 35.2 Å². The van der Waals surface area contributed by atoms with Gasteiger partial charge in [-0.1, -0.05) is 12.2 Å². The van der Waals surface area contributed by atoms with Crippen molar-refractivity contribution in [3.63, 3.8) is 0 Å². The Morgan fingerprint density at radius 2 is 1.72 bits per heavy atom. The zero-order valence-corrected chi connectivity index (χ0v) is 12.7. The van der Waals surface area contributed by atoms with Crippen LogP contribution >= 0.6 is 0 Å². The van der Waals surface area contributed by atoms with Crippen LogP contribution in [0.1, 0.15) is 6.42 Å². The van der Waals surface area contributed by atoms with E-state index in [2.05, 4.69) is 5.43 Å². The van der Waals surface area contributed by atoms with Gasteiger partial charge in [0.2, 0.25) is 11.8 Å². The standard InChI is InChI=1S/C15H12N4O6/c20-14-12-7-1-2-8(5-7)13(12)15(21)17(16-14)10-4-3-9(18(22)23)6-11(10)19(24)25/h1-4,6-8,12-13H,5H2,(H,16,20)/t7-,8-,12-,13+/m0/s1. The molecule has 1 aromatic rings. The zero-order chi connectivity index (χ0) is 17.9. The topological polar surface area (TPSA) is 136 Å². The highest BCUT2D eigenvalue weighted by Gasteiger charge is 2.56. The fraction of sp³-hybridized carbons (Fsp3) is 0.333. The number of hydrazine groups is 1. The third-order valence-electron chi connectivity index (χ3n) is 5.10. The maximum Gasteiger partial charge on any atom is 0.301 e. The van der Waals surface area contributed by atoms with E-state index in [1.165, 1.54) is 0 Å². The molecule has 25 heavy (non-hydrogen) atoms. The molecule has 1 heterocycles. The highest BCUT2D eigenvalue weighted by atomic mass is 16.6. The lowest BCUT2D eigenvalue weighted by Crippen LogP contribution is -2.60. The first-order chi connectivity index (χ1) is 11.9. The first-order valence-corrected chi connectivity index (χ1v) is 7.64. The number of fused-ring (bicyclic) bond motifs is 5. The van der Waals surface area contributed by atoms with Crippen LogP contribution in [0.15, 0.2) is 30.4 Å². The maximum atomic E-state index is 12.9. The summed E-state index contributed by atoms with van der Waals surface area (Å²) < 4.78 is 0. The Hall–Kier alpha value is -3.30. The zero-order valence-electron chi connectivity index (χ0n) is 12.7. The van der Waals surface area contributed by atoms with Gasteiger partial charge < -0.3 is 0 Å². The van der Waals surface area contributed by atoms with Crippen LogP contribution in [-0.2, 0) is 9.59 Å². The Labute approximate surface area is 140 Å². The van der Waals surface area contributed by atoms with E-state index in [9.17, 15) is 29.8 Å². The van der Waals surface area contributed by atoms with Crippen molar-refractivity contribution in [2.24, 2.45) is 23.7 Å². The fourth-order valence-electron chi connectivity index (χ4n) is 4.04. The average Bonchev–Trinajstić information content (AvgIpc) is 3.19. The highest BCUT2D eigenvalue weighted by molar-refractivity contribution is 6.06. The van der Waals surface area contributed by atoms with Crippen molar-refractivity contribution in [2.75, 3.05) is 5.01 Å². The smallest absolute Gasteiger partial charge is 0.273 e. The number of amides is 2. The van der Waals surface area contributed by atoms with E-state index >= 15 is 0 Å². The fourth-order valence-corrected chi connectivity index (χ4v) is 4.04. The highest BCUT2D eigenvalue weighted by Crippen LogP contribution is 2.50. The lowest BCUT2D eigenvalue weighted by atomic mass is 9.80. The average molecular weight is 344 g/mol. The number of hydrogen-bond acceptors (Lipinski definition) is 6. The summed E-state index contributed by atoms with van der Waals surface area (Å²) in [5.74, 6) is -1.87. The summed E-state index contributed by atoms with van der Waals surface area (Å²) in [7, 11) is 0. The van der Waals surface area contributed by atoms with Gasteiger partial charge in [0, 0.05) is 6.07 Å². The summed E-state index contributed by atoms with van der Waals surface area (Å²) in [6, 6.07) is 2.95. The minimum absolute atomic E-state index is 0.00736. The Morgan fingerprint density at radius 3 is 2.36 bits per heavy atom. The lowest BCUT2D eigenvalue weighted by Gasteiger charge is -2.37. The number of anilines is 1. The van der Waals surface area contributed by atoms with Crippen molar-refractivity contribution in [3.8, 4) is 0 Å². The number of hydrogen-bond donors (Lipinski definition) is 1. The predicted molar refractivity (Wildman–Crippen MR) is 83.1 cm³/mol. The Balaban J connectivity index is 1.76. The van der Waals surface area contributed by atoms with Gasteiger partial charge in [0.05, 0.1) is 27.7 Å². The van der Waals surface area contributed by atoms with Gasteiger partial charge in [0.1, 0.15) is 5.69 Å². The molecule has 4 rings (SSSR count). The van der Waals surface area contributed by atoms with Crippen molar-refractivity contribution in [3.05, 3.63) is 50.6 Å². The summed E-state index contributed by atoms with van der Waals surface area (Å²) in [6.07, 6.45) is 4.55. The molecule has 0 radical (unpaired) electrons. The number of nitro groups is 2. The van der Waals surface area contributed by atoms with Crippen LogP contribution in [0.25, 0.3) is 0 Å². The van der Waals surface area contributed by atoms with Gasteiger partial charge in [0.25, 0.3) is 5.69 Å². The van der Waals surface area contributed by atoms with Crippen molar-refractivity contribution in [1.29, 1.82) is 0 Å².